The van der Waals surface area contributed by atoms with Gasteiger partial charge < -0.3 is 14.5 Å². The molecule has 0 spiro atoms. The number of halogens is 7. The highest BCUT2D eigenvalue weighted by molar-refractivity contribution is 7.92. The summed E-state index contributed by atoms with van der Waals surface area (Å²) in [6.45, 7) is 0. The summed E-state index contributed by atoms with van der Waals surface area (Å²) in [5.41, 5.74) is -6.27. The molecule has 0 aromatic carbocycles. The predicted octanol–water partition coefficient (Wildman–Crippen LogP) is 3.81. The molecule has 0 saturated heterocycles. The normalized spacial score (nSPS) is 21.3. The molecular formula is C17H16F7N3O4S. The van der Waals surface area contributed by atoms with Crippen LogP contribution < -0.4 is 9.46 Å². The topological polar surface area (TPSA) is 93.3 Å². The second-order valence-electron chi connectivity index (χ2n) is 6.86. The van der Waals surface area contributed by atoms with Crippen molar-refractivity contribution in [1.29, 1.82) is 0 Å². The first kappa shape index (κ1) is 20.1. The lowest BCUT2D eigenvalue weighted by Gasteiger charge is -2.37. The Labute approximate surface area is 181 Å². The molecule has 2 heterocycles. The number of alkyl halides is 6. The van der Waals surface area contributed by atoms with Crippen molar-refractivity contribution < 1.29 is 52.7 Å². The third-order valence-corrected chi connectivity index (χ3v) is 6.36. The molecule has 2 N–H and O–H groups in total. The van der Waals surface area contributed by atoms with Crippen LogP contribution in [0.25, 0.3) is 0 Å². The second-order valence-corrected chi connectivity index (χ2v) is 8.51. The lowest BCUT2D eigenvalue weighted by atomic mass is 9.83. The first-order chi connectivity index (χ1) is 15.8. The number of sulfonamides is 1. The molecule has 15 heteroatoms. The van der Waals surface area contributed by atoms with E-state index in [-0.39, 0.29) is 17.3 Å². The molecule has 7 nitrogen and oxygen atoms in total. The van der Waals surface area contributed by atoms with Gasteiger partial charge >= 0.3 is 12.4 Å². The molecule has 1 atom stereocenters. The fraction of sp³-hybridized carbons (Fsp3) is 0.471. The van der Waals surface area contributed by atoms with Gasteiger partial charge in [0, 0.05) is 31.4 Å². The number of hydrogen-bond donors (Lipinski definition) is 2. The Morgan fingerprint density at radius 1 is 1.28 bits per heavy atom. The summed E-state index contributed by atoms with van der Waals surface area (Å²) in [5.74, 6) is -2.81. The van der Waals surface area contributed by atoms with Crippen molar-refractivity contribution in [3.05, 3.63) is 35.0 Å². The van der Waals surface area contributed by atoms with Gasteiger partial charge in [-0.3, -0.25) is 4.72 Å². The lowest BCUT2D eigenvalue weighted by molar-refractivity contribution is -0.273. The van der Waals surface area contributed by atoms with Crippen LogP contribution in [0, 0.1) is 5.82 Å². The number of fused-ring (bicyclic) bond motifs is 1. The van der Waals surface area contributed by atoms with Crippen molar-refractivity contribution in [1.82, 2.24) is 9.97 Å². The van der Waals surface area contributed by atoms with Crippen molar-refractivity contribution in [2.24, 2.45) is 0 Å². The monoisotopic (exact) mass is 494 g/mol. The first-order valence-corrected chi connectivity index (χ1v) is 10.1. The summed E-state index contributed by atoms with van der Waals surface area (Å²) in [6.07, 6.45) is -12.0. The van der Waals surface area contributed by atoms with Gasteiger partial charge in [0.25, 0.3) is 10.0 Å². The molecule has 0 unspecified atom stereocenters. The lowest BCUT2D eigenvalue weighted by Crippen LogP contribution is -2.51. The standard InChI is InChI=1S/C17H16F7N3O4S/c1-30-14-10(5-9(18)13(26-14)16(19,20)21)27-32(28,29)12-7-25-11-6-15(31-2,17(22,23)24)4-3-8(11)12/h5,7,25,27H,3-4,6H2,1-2H3/t15-/m1/s1/i2D3. The number of nitrogens with zero attached hydrogens (tertiary/aromatic N) is 1. The highest BCUT2D eigenvalue weighted by Gasteiger charge is 2.57. The van der Waals surface area contributed by atoms with Gasteiger partial charge in [-0.1, -0.05) is 0 Å². The Bertz CT molecular complexity index is 1230. The highest BCUT2D eigenvalue weighted by Crippen LogP contribution is 2.44. The molecule has 2 aromatic rings. The van der Waals surface area contributed by atoms with Gasteiger partial charge in [-0.15, -0.1) is 0 Å². The zero-order valence-corrected chi connectivity index (χ0v) is 16.7. The molecule has 0 saturated carbocycles. The molecule has 3 rings (SSSR count). The summed E-state index contributed by atoms with van der Waals surface area (Å²) in [5, 5.41) is 0. The molecule has 178 valence electrons. The molecule has 1 aliphatic rings. The van der Waals surface area contributed by atoms with Crippen LogP contribution in [0.3, 0.4) is 0 Å². The predicted molar refractivity (Wildman–Crippen MR) is 95.2 cm³/mol. The summed E-state index contributed by atoms with van der Waals surface area (Å²) < 4.78 is 152. The van der Waals surface area contributed by atoms with E-state index < -0.39 is 82.3 Å². The number of aromatic amines is 1. The van der Waals surface area contributed by atoms with E-state index in [2.05, 4.69) is 19.4 Å². The van der Waals surface area contributed by atoms with E-state index >= 15 is 0 Å². The average molecular weight is 494 g/mol. The SMILES string of the molecule is [2H]C([2H])([2H])O[C@]1(C(F)(F)F)CCc2c(S(=O)(=O)Nc3cc(F)c(C(F)(F)F)nc3OC)c[nH]c2C1. The molecule has 0 fully saturated rings. The van der Waals surface area contributed by atoms with E-state index in [1.165, 1.54) is 0 Å². The second kappa shape index (κ2) is 7.79. The Morgan fingerprint density at radius 2 is 1.97 bits per heavy atom. The summed E-state index contributed by atoms with van der Waals surface area (Å²) in [7, 11) is -7.24. The minimum atomic E-state index is -5.20. The van der Waals surface area contributed by atoms with E-state index in [1.54, 1.807) is 0 Å². The number of aromatic nitrogens is 2. The maximum absolute atomic E-state index is 13.9. The number of nitrogens with one attached hydrogen (secondary N) is 2. The van der Waals surface area contributed by atoms with Crippen LogP contribution in [0.2, 0.25) is 0 Å². The molecule has 0 bridgehead atoms. The van der Waals surface area contributed by atoms with Gasteiger partial charge in [0.1, 0.15) is 10.6 Å². The number of anilines is 1. The van der Waals surface area contributed by atoms with Gasteiger partial charge in [-0.05, 0) is 18.4 Å². The van der Waals surface area contributed by atoms with Crippen LogP contribution in [0.15, 0.2) is 17.2 Å². The third kappa shape index (κ3) is 4.10. The zero-order valence-electron chi connectivity index (χ0n) is 18.9. The molecule has 2 aromatic heterocycles. The minimum absolute atomic E-state index is 0.133. The van der Waals surface area contributed by atoms with Crippen molar-refractivity contribution in [2.75, 3.05) is 18.9 Å². The van der Waals surface area contributed by atoms with Crippen LogP contribution in [0.4, 0.5) is 36.4 Å². The highest BCUT2D eigenvalue weighted by atomic mass is 32.2. The first-order valence-electron chi connectivity index (χ1n) is 10.1. The summed E-state index contributed by atoms with van der Waals surface area (Å²) in [4.78, 5) is 4.71. The van der Waals surface area contributed by atoms with E-state index in [1.807, 2.05) is 4.72 Å². The molecule has 0 amide bonds. The van der Waals surface area contributed by atoms with Crippen molar-refractivity contribution >= 4 is 15.7 Å². The van der Waals surface area contributed by atoms with Crippen molar-refractivity contribution in [3.63, 3.8) is 0 Å². The fourth-order valence-corrected chi connectivity index (χ4v) is 4.64. The van der Waals surface area contributed by atoms with E-state index in [9.17, 15) is 39.2 Å². The number of H-pyrrole nitrogens is 1. The van der Waals surface area contributed by atoms with Gasteiger partial charge in [-0.25, -0.2) is 17.8 Å². The number of ether oxygens (including phenoxy) is 2. The van der Waals surface area contributed by atoms with E-state index in [4.69, 9.17) is 4.11 Å². The quantitative estimate of drug-likeness (QED) is 0.617. The Morgan fingerprint density at radius 3 is 2.53 bits per heavy atom. The number of methoxy groups -OCH3 is 2. The Balaban J connectivity index is 1.98. The molecule has 32 heavy (non-hydrogen) atoms. The van der Waals surface area contributed by atoms with Crippen LogP contribution in [0.1, 0.15) is 27.5 Å². The average Bonchev–Trinajstić information content (AvgIpc) is 3.08. The number of hydrogen-bond acceptors (Lipinski definition) is 5. The molecule has 0 aliphatic heterocycles. The van der Waals surface area contributed by atoms with Crippen LogP contribution in [0.5, 0.6) is 5.88 Å². The molecular weight excluding hydrogens is 475 g/mol. The van der Waals surface area contributed by atoms with E-state index in [0.717, 1.165) is 13.3 Å². The largest absolute Gasteiger partial charge is 0.479 e. The van der Waals surface area contributed by atoms with Crippen LogP contribution >= 0.6 is 0 Å². The summed E-state index contributed by atoms with van der Waals surface area (Å²) in [6, 6.07) is 0.199. The van der Waals surface area contributed by atoms with Gasteiger partial charge in [-0.2, -0.15) is 26.3 Å². The van der Waals surface area contributed by atoms with Gasteiger partial charge in [0.15, 0.2) is 17.1 Å². The smallest absolute Gasteiger partial charge is 0.436 e. The number of rotatable bonds is 5. The fourth-order valence-electron chi connectivity index (χ4n) is 3.33. The van der Waals surface area contributed by atoms with Crippen LogP contribution in [-0.4, -0.2) is 44.3 Å². The Hall–Kier alpha value is -2.55. The van der Waals surface area contributed by atoms with Crippen LogP contribution in [-0.2, 0) is 33.8 Å². The van der Waals surface area contributed by atoms with Crippen molar-refractivity contribution in [2.45, 2.75) is 42.1 Å². The number of pyridine rings is 1. The zero-order chi connectivity index (χ0) is 26.6. The van der Waals surface area contributed by atoms with Gasteiger partial charge in [0.2, 0.25) is 5.88 Å². The maximum atomic E-state index is 13.9. The maximum Gasteiger partial charge on any atom is 0.436 e. The summed E-state index contributed by atoms with van der Waals surface area (Å²) >= 11 is 0. The van der Waals surface area contributed by atoms with Gasteiger partial charge in [0.05, 0.1) is 11.2 Å². The van der Waals surface area contributed by atoms with E-state index in [0.29, 0.717) is 0 Å². The molecule has 1 aliphatic carbocycles. The molecule has 0 radical (unpaired) electrons. The Kier molecular flexibility index (Phi) is 4.89. The van der Waals surface area contributed by atoms with Crippen molar-refractivity contribution in [3.8, 4) is 5.88 Å². The minimum Gasteiger partial charge on any atom is -0.479 e. The third-order valence-electron chi connectivity index (χ3n) is 4.93.